The molecular weight excluding hydrogens is 391 g/mol. The monoisotopic (exact) mass is 400 g/mol. The van der Waals surface area contributed by atoms with Crippen LogP contribution in [0.5, 0.6) is 5.75 Å². The molecule has 6 heteroatoms. The number of hydrogen-bond acceptors (Lipinski definition) is 3. The third-order valence-corrected chi connectivity index (χ3v) is 3.91. The van der Waals surface area contributed by atoms with Crippen LogP contribution in [0.15, 0.2) is 35.1 Å². The Morgan fingerprint density at radius 2 is 2.15 bits per heavy atom. The molecule has 0 saturated carbocycles. The topological polar surface area (TPSA) is 55.0 Å². The summed E-state index contributed by atoms with van der Waals surface area (Å²) in [4.78, 5) is 11.9. The Balaban J connectivity index is 2.47. The van der Waals surface area contributed by atoms with Gasteiger partial charge in [-0.3, -0.25) is 4.79 Å². The van der Waals surface area contributed by atoms with Crippen LogP contribution in [-0.2, 0) is 7.05 Å². The first-order chi connectivity index (χ1) is 9.54. The average Bonchev–Trinajstić information content (AvgIpc) is 2.44. The van der Waals surface area contributed by atoms with Gasteiger partial charge >= 0.3 is 0 Å². The molecule has 20 heavy (non-hydrogen) atoms. The predicted octanol–water partition coefficient (Wildman–Crippen LogP) is 3.21. The van der Waals surface area contributed by atoms with E-state index in [9.17, 15) is 4.79 Å². The molecule has 102 valence electrons. The number of rotatable bonds is 3. The molecule has 0 fully saturated rings. The summed E-state index contributed by atoms with van der Waals surface area (Å²) in [6, 6.07) is 10.6. The minimum absolute atomic E-state index is 0.0301. The number of nitriles is 1. The standard InChI is InChI=1S/C14H10ClIN2O2/c1-18-13(5-4-12(16)14(18)19)10-3-2-9(8-11(10)15)20-7-6-17/h2-5,8H,7H2,1H3. The summed E-state index contributed by atoms with van der Waals surface area (Å²) < 4.78 is 7.39. The normalized spacial score (nSPS) is 10.1. The Kier molecular flexibility index (Phi) is 4.68. The first-order valence-corrected chi connectivity index (χ1v) is 7.15. The highest BCUT2D eigenvalue weighted by Crippen LogP contribution is 2.30. The number of hydrogen-bond donors (Lipinski definition) is 0. The molecule has 0 aliphatic rings. The number of aromatic nitrogens is 1. The van der Waals surface area contributed by atoms with Crippen LogP contribution in [-0.4, -0.2) is 11.2 Å². The third kappa shape index (κ3) is 2.97. The highest BCUT2D eigenvalue weighted by Gasteiger charge is 2.10. The van der Waals surface area contributed by atoms with Gasteiger partial charge in [-0.1, -0.05) is 11.6 Å². The molecule has 0 unspecified atom stereocenters. The van der Waals surface area contributed by atoms with Crippen molar-refractivity contribution in [1.82, 2.24) is 4.57 Å². The Bertz CT molecular complexity index is 750. The van der Waals surface area contributed by atoms with E-state index in [2.05, 4.69) is 0 Å². The van der Waals surface area contributed by atoms with Crippen LogP contribution < -0.4 is 10.3 Å². The van der Waals surface area contributed by atoms with E-state index in [1.165, 1.54) is 0 Å². The van der Waals surface area contributed by atoms with E-state index in [0.717, 1.165) is 11.3 Å². The number of pyridine rings is 1. The van der Waals surface area contributed by atoms with Crippen LogP contribution >= 0.6 is 34.2 Å². The molecule has 0 amide bonds. The van der Waals surface area contributed by atoms with Gasteiger partial charge in [0.1, 0.15) is 11.8 Å². The van der Waals surface area contributed by atoms with Gasteiger partial charge in [0.25, 0.3) is 5.56 Å². The van der Waals surface area contributed by atoms with Crippen molar-refractivity contribution < 1.29 is 4.74 Å². The van der Waals surface area contributed by atoms with Crippen molar-refractivity contribution >= 4 is 34.2 Å². The minimum atomic E-state index is -0.0658. The van der Waals surface area contributed by atoms with Crippen molar-refractivity contribution in [2.24, 2.45) is 7.05 Å². The molecule has 2 rings (SSSR count). The van der Waals surface area contributed by atoms with Gasteiger partial charge in [-0.25, -0.2) is 0 Å². The van der Waals surface area contributed by atoms with Crippen LogP contribution in [0.4, 0.5) is 0 Å². The van der Waals surface area contributed by atoms with Crippen molar-refractivity contribution in [1.29, 1.82) is 5.26 Å². The van der Waals surface area contributed by atoms with Gasteiger partial charge in [-0.05, 0) is 52.9 Å². The highest BCUT2D eigenvalue weighted by atomic mass is 127. The first kappa shape index (κ1) is 14.9. The highest BCUT2D eigenvalue weighted by molar-refractivity contribution is 14.1. The Morgan fingerprint density at radius 3 is 2.80 bits per heavy atom. The van der Waals surface area contributed by atoms with Crippen molar-refractivity contribution in [3.63, 3.8) is 0 Å². The van der Waals surface area contributed by atoms with Gasteiger partial charge in [0.2, 0.25) is 0 Å². The minimum Gasteiger partial charge on any atom is -0.479 e. The molecule has 0 saturated heterocycles. The van der Waals surface area contributed by atoms with E-state index in [4.69, 9.17) is 21.6 Å². The van der Waals surface area contributed by atoms with Crippen molar-refractivity contribution in [3.05, 3.63) is 49.3 Å². The molecule has 1 aromatic carbocycles. The first-order valence-electron chi connectivity index (χ1n) is 5.70. The molecule has 0 atom stereocenters. The molecular formula is C14H10ClIN2O2. The predicted molar refractivity (Wildman–Crippen MR) is 86.0 cm³/mol. The average molecular weight is 401 g/mol. The third-order valence-electron chi connectivity index (χ3n) is 2.78. The summed E-state index contributed by atoms with van der Waals surface area (Å²) in [5.74, 6) is 0.524. The van der Waals surface area contributed by atoms with Gasteiger partial charge in [0, 0.05) is 12.6 Å². The maximum atomic E-state index is 11.9. The van der Waals surface area contributed by atoms with E-state index in [1.54, 1.807) is 35.9 Å². The fourth-order valence-corrected chi connectivity index (χ4v) is 2.59. The fourth-order valence-electron chi connectivity index (χ4n) is 1.78. The second-order valence-corrected chi connectivity index (χ2v) is 5.59. The molecule has 1 aromatic heterocycles. The van der Waals surface area contributed by atoms with Crippen LogP contribution in [0.1, 0.15) is 0 Å². The smallest absolute Gasteiger partial charge is 0.264 e. The molecule has 0 bridgehead atoms. The van der Waals surface area contributed by atoms with Crippen LogP contribution in [0.2, 0.25) is 5.02 Å². The molecule has 0 aliphatic heterocycles. The van der Waals surface area contributed by atoms with E-state index >= 15 is 0 Å². The lowest BCUT2D eigenvalue weighted by Gasteiger charge is -2.11. The van der Waals surface area contributed by atoms with E-state index < -0.39 is 0 Å². The summed E-state index contributed by atoms with van der Waals surface area (Å²) in [6.45, 7) is -0.0301. The van der Waals surface area contributed by atoms with Crippen LogP contribution in [0, 0.1) is 14.9 Å². The Labute approximate surface area is 134 Å². The van der Waals surface area contributed by atoms with Gasteiger partial charge in [0.15, 0.2) is 6.61 Å². The largest absolute Gasteiger partial charge is 0.479 e. The Morgan fingerprint density at radius 1 is 1.40 bits per heavy atom. The number of benzene rings is 1. The lowest BCUT2D eigenvalue weighted by atomic mass is 10.1. The fraction of sp³-hybridized carbons (Fsp3) is 0.143. The molecule has 0 N–H and O–H groups in total. The maximum Gasteiger partial charge on any atom is 0.264 e. The number of ether oxygens (including phenoxy) is 1. The summed E-state index contributed by atoms with van der Waals surface area (Å²) in [6.07, 6.45) is 0. The molecule has 4 nitrogen and oxygen atoms in total. The van der Waals surface area contributed by atoms with Crippen molar-refractivity contribution in [2.75, 3.05) is 6.61 Å². The Hall–Kier alpha value is -1.52. The van der Waals surface area contributed by atoms with E-state index in [0.29, 0.717) is 14.3 Å². The second kappa shape index (κ2) is 6.29. The molecule has 1 heterocycles. The second-order valence-electron chi connectivity index (χ2n) is 4.02. The zero-order valence-corrected chi connectivity index (χ0v) is 13.5. The number of nitrogens with zero attached hydrogens (tertiary/aromatic N) is 2. The van der Waals surface area contributed by atoms with Crippen LogP contribution in [0.3, 0.4) is 0 Å². The summed E-state index contributed by atoms with van der Waals surface area (Å²) >= 11 is 8.23. The van der Waals surface area contributed by atoms with Gasteiger partial charge in [-0.2, -0.15) is 5.26 Å². The summed E-state index contributed by atoms with van der Waals surface area (Å²) in [5, 5.41) is 8.94. The van der Waals surface area contributed by atoms with Gasteiger partial charge < -0.3 is 9.30 Å². The summed E-state index contributed by atoms with van der Waals surface area (Å²) in [5.41, 5.74) is 1.41. The quantitative estimate of drug-likeness (QED) is 0.744. The molecule has 0 radical (unpaired) electrons. The molecule has 0 aliphatic carbocycles. The number of halogens is 2. The SMILES string of the molecule is Cn1c(-c2ccc(OCC#N)cc2Cl)ccc(I)c1=O. The van der Waals surface area contributed by atoms with Crippen molar-refractivity contribution in [3.8, 4) is 23.1 Å². The maximum absolute atomic E-state index is 11.9. The lowest BCUT2D eigenvalue weighted by Crippen LogP contribution is -2.20. The van der Waals surface area contributed by atoms with Crippen molar-refractivity contribution in [2.45, 2.75) is 0 Å². The lowest BCUT2D eigenvalue weighted by molar-refractivity contribution is 0.368. The van der Waals surface area contributed by atoms with Gasteiger partial charge in [-0.15, -0.1) is 0 Å². The van der Waals surface area contributed by atoms with Gasteiger partial charge in [0.05, 0.1) is 14.3 Å². The zero-order chi connectivity index (χ0) is 14.7. The van der Waals surface area contributed by atoms with E-state index in [-0.39, 0.29) is 12.2 Å². The molecule has 0 spiro atoms. The molecule has 2 aromatic rings. The van der Waals surface area contributed by atoms with E-state index in [1.807, 2.05) is 34.7 Å². The van der Waals surface area contributed by atoms with Crippen LogP contribution in [0.25, 0.3) is 11.3 Å². The summed E-state index contributed by atoms with van der Waals surface area (Å²) in [7, 11) is 1.70. The zero-order valence-electron chi connectivity index (χ0n) is 10.6.